The molecule has 108 valence electrons. The topological polar surface area (TPSA) is 64.9 Å². The molecule has 2 heterocycles. The fourth-order valence-electron chi connectivity index (χ4n) is 1.76. The van der Waals surface area contributed by atoms with E-state index in [2.05, 4.69) is 34.2 Å². The Morgan fingerprint density at radius 1 is 1.35 bits per heavy atom. The van der Waals surface area contributed by atoms with Crippen molar-refractivity contribution < 1.29 is 4.74 Å². The summed E-state index contributed by atoms with van der Waals surface area (Å²) in [6.45, 7) is 7.22. The molecule has 0 aliphatic carbocycles. The van der Waals surface area contributed by atoms with E-state index < -0.39 is 0 Å². The summed E-state index contributed by atoms with van der Waals surface area (Å²) in [5.41, 5.74) is 1.04. The summed E-state index contributed by atoms with van der Waals surface area (Å²) in [5, 5.41) is 7.57. The van der Waals surface area contributed by atoms with E-state index in [0.29, 0.717) is 25.0 Å². The van der Waals surface area contributed by atoms with Gasteiger partial charge >= 0.3 is 0 Å². The Balaban J connectivity index is 2.33. The third-order valence-corrected chi connectivity index (χ3v) is 2.89. The Kier molecular flexibility index (Phi) is 4.68. The van der Waals surface area contributed by atoms with Crippen molar-refractivity contribution in [1.29, 1.82) is 0 Å². The van der Waals surface area contributed by atoms with Crippen LogP contribution in [0.1, 0.15) is 38.2 Å². The van der Waals surface area contributed by atoms with Crippen molar-refractivity contribution in [2.24, 2.45) is 0 Å². The molecule has 0 fully saturated rings. The van der Waals surface area contributed by atoms with E-state index in [1.54, 1.807) is 4.68 Å². The number of nitrogens with zero attached hydrogens (tertiary/aromatic N) is 4. The number of nitrogens with one attached hydrogen (secondary N) is 1. The molecule has 2 aromatic heterocycles. The monoisotopic (exact) mass is 275 g/mol. The van der Waals surface area contributed by atoms with Gasteiger partial charge in [-0.1, -0.05) is 13.8 Å². The predicted octanol–water partition coefficient (Wildman–Crippen LogP) is 2.36. The molecule has 0 aliphatic heterocycles. The molecule has 6 heteroatoms. The Hall–Kier alpha value is -1.95. The van der Waals surface area contributed by atoms with Crippen LogP contribution in [0.2, 0.25) is 0 Å². The Labute approximate surface area is 119 Å². The van der Waals surface area contributed by atoms with Gasteiger partial charge in [-0.15, -0.1) is 0 Å². The molecule has 0 saturated carbocycles. The second kappa shape index (κ2) is 6.47. The van der Waals surface area contributed by atoms with E-state index in [1.165, 1.54) is 0 Å². The van der Waals surface area contributed by atoms with E-state index in [4.69, 9.17) is 4.74 Å². The minimum atomic E-state index is 0.393. The summed E-state index contributed by atoms with van der Waals surface area (Å²) < 4.78 is 7.14. The lowest BCUT2D eigenvalue weighted by Crippen LogP contribution is -2.08. The maximum Gasteiger partial charge on any atom is 0.159 e. The van der Waals surface area contributed by atoms with Crippen LogP contribution in [0, 0.1) is 0 Å². The van der Waals surface area contributed by atoms with E-state index in [-0.39, 0.29) is 0 Å². The molecule has 2 rings (SSSR count). The molecule has 0 radical (unpaired) electrons. The minimum Gasteiger partial charge on any atom is -0.374 e. The minimum absolute atomic E-state index is 0.393. The Morgan fingerprint density at radius 3 is 2.75 bits per heavy atom. The molecule has 0 aromatic carbocycles. The maximum atomic E-state index is 5.37. The summed E-state index contributed by atoms with van der Waals surface area (Å²) in [6, 6.07) is 3.88. The average molecular weight is 275 g/mol. The zero-order valence-electron chi connectivity index (χ0n) is 12.4. The standard InChI is InChI=1S/C14H21N5O/c1-5-20-9-13-16-12(15-4)8-14(17-13)19-7-6-11(18-19)10(2)3/h6-8,10H,5,9H2,1-4H3,(H,15,16,17). The third kappa shape index (κ3) is 3.33. The Morgan fingerprint density at radius 2 is 2.15 bits per heavy atom. The van der Waals surface area contributed by atoms with Gasteiger partial charge in [0.15, 0.2) is 11.6 Å². The first-order valence-corrected chi connectivity index (χ1v) is 6.83. The average Bonchev–Trinajstić information content (AvgIpc) is 2.94. The van der Waals surface area contributed by atoms with Gasteiger partial charge in [-0.25, -0.2) is 14.6 Å². The van der Waals surface area contributed by atoms with Gasteiger partial charge in [-0.05, 0) is 18.9 Å². The van der Waals surface area contributed by atoms with Crippen molar-refractivity contribution in [1.82, 2.24) is 19.7 Å². The van der Waals surface area contributed by atoms with Crippen LogP contribution in [-0.4, -0.2) is 33.4 Å². The molecular weight excluding hydrogens is 254 g/mol. The van der Waals surface area contributed by atoms with Crippen LogP contribution >= 0.6 is 0 Å². The first-order chi connectivity index (χ1) is 9.63. The lowest BCUT2D eigenvalue weighted by atomic mass is 10.1. The fraction of sp³-hybridized carbons (Fsp3) is 0.500. The van der Waals surface area contributed by atoms with Crippen molar-refractivity contribution in [3.63, 3.8) is 0 Å². The second-order valence-corrected chi connectivity index (χ2v) is 4.75. The molecule has 1 N–H and O–H groups in total. The molecule has 0 spiro atoms. The van der Waals surface area contributed by atoms with Gasteiger partial charge in [-0.2, -0.15) is 5.10 Å². The molecule has 0 aliphatic rings. The van der Waals surface area contributed by atoms with E-state index in [9.17, 15) is 0 Å². The first kappa shape index (κ1) is 14.5. The zero-order valence-corrected chi connectivity index (χ0v) is 12.4. The van der Waals surface area contributed by atoms with Crippen LogP contribution in [0.3, 0.4) is 0 Å². The van der Waals surface area contributed by atoms with Crippen molar-refractivity contribution in [2.75, 3.05) is 19.0 Å². The highest BCUT2D eigenvalue weighted by atomic mass is 16.5. The van der Waals surface area contributed by atoms with E-state index in [0.717, 1.165) is 17.3 Å². The summed E-state index contributed by atoms with van der Waals surface area (Å²) in [6.07, 6.45) is 1.92. The molecule has 2 aromatic rings. The quantitative estimate of drug-likeness (QED) is 0.876. The molecule has 0 atom stereocenters. The number of rotatable bonds is 6. The van der Waals surface area contributed by atoms with Gasteiger partial charge in [0.05, 0.1) is 5.69 Å². The normalized spacial score (nSPS) is 11.1. The maximum absolute atomic E-state index is 5.37. The van der Waals surface area contributed by atoms with Gasteiger partial charge in [-0.3, -0.25) is 0 Å². The number of anilines is 1. The number of ether oxygens (including phenoxy) is 1. The van der Waals surface area contributed by atoms with Crippen molar-refractivity contribution in [2.45, 2.75) is 33.3 Å². The molecular formula is C14H21N5O. The largest absolute Gasteiger partial charge is 0.374 e. The van der Waals surface area contributed by atoms with Gasteiger partial charge < -0.3 is 10.1 Å². The van der Waals surface area contributed by atoms with Gasteiger partial charge in [0.2, 0.25) is 0 Å². The first-order valence-electron chi connectivity index (χ1n) is 6.83. The van der Waals surface area contributed by atoms with Crippen LogP contribution in [0.25, 0.3) is 5.82 Å². The molecule has 0 bridgehead atoms. The number of hydrogen-bond donors (Lipinski definition) is 1. The highest BCUT2D eigenvalue weighted by molar-refractivity contribution is 5.40. The lowest BCUT2D eigenvalue weighted by Gasteiger charge is -2.08. The smallest absolute Gasteiger partial charge is 0.159 e. The van der Waals surface area contributed by atoms with Crippen LogP contribution in [-0.2, 0) is 11.3 Å². The molecule has 0 amide bonds. The summed E-state index contributed by atoms with van der Waals surface area (Å²) in [7, 11) is 1.83. The van der Waals surface area contributed by atoms with Gasteiger partial charge in [0, 0.05) is 25.9 Å². The van der Waals surface area contributed by atoms with Gasteiger partial charge in [0.1, 0.15) is 12.4 Å². The third-order valence-electron chi connectivity index (χ3n) is 2.89. The Bertz CT molecular complexity index is 564. The molecule has 0 saturated heterocycles. The summed E-state index contributed by atoms with van der Waals surface area (Å²) >= 11 is 0. The van der Waals surface area contributed by atoms with Crippen LogP contribution in [0.5, 0.6) is 0 Å². The highest BCUT2D eigenvalue weighted by Crippen LogP contribution is 2.15. The molecule has 6 nitrogen and oxygen atoms in total. The lowest BCUT2D eigenvalue weighted by molar-refractivity contribution is 0.128. The number of aromatic nitrogens is 4. The predicted molar refractivity (Wildman–Crippen MR) is 78.1 cm³/mol. The summed E-state index contributed by atoms with van der Waals surface area (Å²) in [5.74, 6) is 2.54. The van der Waals surface area contributed by atoms with Crippen LogP contribution in [0.4, 0.5) is 5.82 Å². The van der Waals surface area contributed by atoms with Crippen molar-refractivity contribution >= 4 is 5.82 Å². The molecule has 20 heavy (non-hydrogen) atoms. The zero-order chi connectivity index (χ0) is 14.5. The van der Waals surface area contributed by atoms with Crippen molar-refractivity contribution in [3.8, 4) is 5.82 Å². The van der Waals surface area contributed by atoms with Crippen molar-refractivity contribution in [3.05, 3.63) is 29.8 Å². The van der Waals surface area contributed by atoms with Gasteiger partial charge in [0.25, 0.3) is 0 Å². The van der Waals surface area contributed by atoms with E-state index >= 15 is 0 Å². The van der Waals surface area contributed by atoms with Crippen LogP contribution in [0.15, 0.2) is 18.3 Å². The highest BCUT2D eigenvalue weighted by Gasteiger charge is 2.09. The SMILES string of the molecule is CCOCc1nc(NC)cc(-n2ccc(C(C)C)n2)n1. The second-order valence-electron chi connectivity index (χ2n) is 4.75. The van der Waals surface area contributed by atoms with Crippen LogP contribution < -0.4 is 5.32 Å². The van der Waals surface area contributed by atoms with E-state index in [1.807, 2.05) is 32.3 Å². The summed E-state index contributed by atoms with van der Waals surface area (Å²) in [4.78, 5) is 8.85. The number of hydrogen-bond acceptors (Lipinski definition) is 5. The molecule has 0 unspecified atom stereocenters. The fourth-order valence-corrected chi connectivity index (χ4v) is 1.76.